The Kier molecular flexibility index (Phi) is 4.19. The molecule has 19 heavy (non-hydrogen) atoms. The molecule has 0 spiro atoms. The maximum absolute atomic E-state index is 12.7. The highest BCUT2D eigenvalue weighted by molar-refractivity contribution is 7.99. The summed E-state index contributed by atoms with van der Waals surface area (Å²) in [4.78, 5) is 1.11. The van der Waals surface area contributed by atoms with E-state index in [4.69, 9.17) is 0 Å². The average Bonchev–Trinajstić information content (AvgIpc) is 2.80. The van der Waals surface area contributed by atoms with Crippen LogP contribution >= 0.6 is 11.8 Å². The second kappa shape index (κ2) is 5.69. The van der Waals surface area contributed by atoms with Gasteiger partial charge >= 0.3 is 6.18 Å². The number of rotatable bonds is 4. The van der Waals surface area contributed by atoms with E-state index in [0.717, 1.165) is 16.2 Å². The molecule has 0 fully saturated rings. The SMILES string of the molecule is CCSc1ccc(Cc2[c]n[nH]c2C(F)(F)F)cc1. The molecule has 1 aromatic carbocycles. The standard InChI is InChI=1S/C13H12F3N2S/c1-2-19-11-5-3-9(4-6-11)7-10-8-17-18-12(10)13(14,15)16/h3-6H,2,7H2,1H3,(H,17,18). The van der Waals surface area contributed by atoms with Gasteiger partial charge in [0, 0.05) is 16.9 Å². The monoisotopic (exact) mass is 285 g/mol. The van der Waals surface area contributed by atoms with Crippen LogP contribution in [0.3, 0.4) is 0 Å². The summed E-state index contributed by atoms with van der Waals surface area (Å²) in [6, 6.07) is 7.49. The summed E-state index contributed by atoms with van der Waals surface area (Å²) in [5.41, 5.74) is 0.0338. The van der Waals surface area contributed by atoms with Crippen LogP contribution in [0.1, 0.15) is 23.7 Å². The van der Waals surface area contributed by atoms with Gasteiger partial charge in [-0.3, -0.25) is 5.10 Å². The number of thioether (sulfide) groups is 1. The van der Waals surface area contributed by atoms with Gasteiger partial charge in [0.05, 0.1) is 0 Å². The molecular weight excluding hydrogens is 273 g/mol. The molecule has 2 rings (SSSR count). The van der Waals surface area contributed by atoms with Gasteiger partial charge in [-0.25, -0.2) is 0 Å². The lowest BCUT2D eigenvalue weighted by atomic mass is 10.1. The molecule has 1 N–H and O–H groups in total. The Labute approximate surface area is 113 Å². The largest absolute Gasteiger partial charge is 0.433 e. The number of aromatic amines is 1. The van der Waals surface area contributed by atoms with Crippen molar-refractivity contribution >= 4 is 11.8 Å². The van der Waals surface area contributed by atoms with Crippen molar-refractivity contribution in [3.05, 3.63) is 47.3 Å². The van der Waals surface area contributed by atoms with Crippen molar-refractivity contribution in [2.45, 2.75) is 24.4 Å². The lowest BCUT2D eigenvalue weighted by Crippen LogP contribution is -2.09. The Bertz CT molecular complexity index is 532. The van der Waals surface area contributed by atoms with E-state index in [2.05, 4.69) is 18.2 Å². The van der Waals surface area contributed by atoms with Crippen LogP contribution in [0, 0.1) is 6.20 Å². The maximum atomic E-state index is 12.7. The lowest BCUT2D eigenvalue weighted by Gasteiger charge is -2.07. The molecule has 1 radical (unpaired) electrons. The van der Waals surface area contributed by atoms with Crippen molar-refractivity contribution in [2.24, 2.45) is 0 Å². The molecule has 0 aliphatic rings. The van der Waals surface area contributed by atoms with Gasteiger partial charge in [-0.2, -0.15) is 18.3 Å². The molecule has 0 saturated carbocycles. The van der Waals surface area contributed by atoms with E-state index in [1.807, 2.05) is 29.4 Å². The highest BCUT2D eigenvalue weighted by Crippen LogP contribution is 2.31. The zero-order valence-electron chi connectivity index (χ0n) is 10.2. The van der Waals surface area contributed by atoms with Gasteiger partial charge in [0.15, 0.2) is 0 Å². The minimum absolute atomic E-state index is 0.0448. The topological polar surface area (TPSA) is 28.7 Å². The van der Waals surface area contributed by atoms with Gasteiger partial charge in [0.25, 0.3) is 0 Å². The molecule has 0 bridgehead atoms. The molecule has 2 aromatic rings. The molecular formula is C13H12F3N2S. The van der Waals surface area contributed by atoms with Crippen molar-refractivity contribution in [2.75, 3.05) is 5.75 Å². The summed E-state index contributed by atoms with van der Waals surface area (Å²) < 4.78 is 38.0. The number of aromatic nitrogens is 2. The van der Waals surface area contributed by atoms with Gasteiger partial charge in [-0.15, -0.1) is 11.8 Å². The molecule has 0 aliphatic carbocycles. The zero-order chi connectivity index (χ0) is 13.9. The molecule has 2 nitrogen and oxygen atoms in total. The highest BCUT2D eigenvalue weighted by Gasteiger charge is 2.35. The van der Waals surface area contributed by atoms with Crippen LogP contribution in [0.15, 0.2) is 29.2 Å². The van der Waals surface area contributed by atoms with E-state index in [9.17, 15) is 13.2 Å². The van der Waals surface area contributed by atoms with Crippen molar-refractivity contribution < 1.29 is 13.2 Å². The van der Waals surface area contributed by atoms with Crippen LogP contribution < -0.4 is 0 Å². The van der Waals surface area contributed by atoms with Crippen molar-refractivity contribution in [1.29, 1.82) is 0 Å². The Morgan fingerprint density at radius 3 is 2.53 bits per heavy atom. The van der Waals surface area contributed by atoms with E-state index < -0.39 is 11.9 Å². The Morgan fingerprint density at radius 1 is 1.26 bits per heavy atom. The zero-order valence-corrected chi connectivity index (χ0v) is 11.0. The normalized spacial score (nSPS) is 11.8. The van der Waals surface area contributed by atoms with Crippen LogP contribution in [0.25, 0.3) is 0 Å². The highest BCUT2D eigenvalue weighted by atomic mass is 32.2. The summed E-state index contributed by atoms with van der Waals surface area (Å²) >= 11 is 1.69. The first kappa shape index (κ1) is 14.0. The van der Waals surface area contributed by atoms with E-state index in [1.165, 1.54) is 0 Å². The Balaban J connectivity index is 2.15. The van der Waals surface area contributed by atoms with Crippen LogP contribution in [-0.2, 0) is 12.6 Å². The van der Waals surface area contributed by atoms with Crippen molar-refractivity contribution in [3.63, 3.8) is 0 Å². The smallest absolute Gasteiger partial charge is 0.273 e. The van der Waals surface area contributed by atoms with Gasteiger partial charge in [-0.1, -0.05) is 19.1 Å². The molecule has 0 saturated heterocycles. The minimum Gasteiger partial charge on any atom is -0.273 e. The van der Waals surface area contributed by atoms with Gasteiger partial charge in [0.2, 0.25) is 0 Å². The molecule has 0 aliphatic heterocycles. The first-order valence-corrected chi connectivity index (χ1v) is 6.73. The lowest BCUT2D eigenvalue weighted by molar-refractivity contribution is -0.141. The van der Waals surface area contributed by atoms with Crippen molar-refractivity contribution in [3.8, 4) is 0 Å². The van der Waals surface area contributed by atoms with Crippen LogP contribution in [-0.4, -0.2) is 16.0 Å². The third kappa shape index (κ3) is 3.53. The number of halogens is 3. The predicted octanol–water partition coefficient (Wildman–Crippen LogP) is 3.93. The van der Waals surface area contributed by atoms with Gasteiger partial charge in [-0.05, 0) is 23.4 Å². The summed E-state index contributed by atoms with van der Waals surface area (Å²) in [5.74, 6) is 0.965. The first-order valence-electron chi connectivity index (χ1n) is 5.74. The Morgan fingerprint density at radius 2 is 1.95 bits per heavy atom. The van der Waals surface area contributed by atoms with E-state index in [1.54, 1.807) is 11.8 Å². The number of nitrogens with zero attached hydrogens (tertiary/aromatic N) is 1. The quantitative estimate of drug-likeness (QED) is 0.862. The molecule has 0 atom stereocenters. The fraction of sp³-hybridized carbons (Fsp3) is 0.308. The molecule has 1 aromatic heterocycles. The van der Waals surface area contributed by atoms with Crippen LogP contribution in [0.2, 0.25) is 0 Å². The van der Waals surface area contributed by atoms with E-state index in [-0.39, 0.29) is 12.0 Å². The number of H-pyrrole nitrogens is 1. The summed E-state index contributed by atoms with van der Waals surface area (Å²) in [6.07, 6.45) is -1.88. The second-order valence-electron chi connectivity index (χ2n) is 3.94. The molecule has 1 heterocycles. The first-order chi connectivity index (χ1) is 9.00. The molecule has 101 valence electrons. The van der Waals surface area contributed by atoms with E-state index >= 15 is 0 Å². The molecule has 6 heteroatoms. The molecule has 0 unspecified atom stereocenters. The van der Waals surface area contributed by atoms with E-state index in [0.29, 0.717) is 0 Å². The second-order valence-corrected chi connectivity index (χ2v) is 5.28. The average molecular weight is 285 g/mol. The third-order valence-corrected chi connectivity index (χ3v) is 3.45. The minimum atomic E-state index is -4.42. The number of hydrogen-bond donors (Lipinski definition) is 1. The fourth-order valence-electron chi connectivity index (χ4n) is 1.71. The predicted molar refractivity (Wildman–Crippen MR) is 68.1 cm³/mol. The maximum Gasteiger partial charge on any atom is 0.433 e. The fourth-order valence-corrected chi connectivity index (χ4v) is 2.37. The number of hydrogen-bond acceptors (Lipinski definition) is 2. The van der Waals surface area contributed by atoms with Crippen LogP contribution in [0.4, 0.5) is 13.2 Å². The summed E-state index contributed by atoms with van der Waals surface area (Å²) in [6.45, 7) is 2.05. The number of benzene rings is 1. The Hall–Kier alpha value is -1.43. The summed E-state index contributed by atoms with van der Waals surface area (Å²) in [7, 11) is 0. The summed E-state index contributed by atoms with van der Waals surface area (Å²) in [5, 5.41) is 5.32. The number of alkyl halides is 3. The molecule has 0 amide bonds. The number of nitrogens with one attached hydrogen (secondary N) is 1. The van der Waals surface area contributed by atoms with Crippen molar-refractivity contribution in [1.82, 2.24) is 10.2 Å². The van der Waals surface area contributed by atoms with Crippen LogP contribution in [0.5, 0.6) is 0 Å². The van der Waals surface area contributed by atoms with Gasteiger partial charge in [0.1, 0.15) is 11.9 Å². The van der Waals surface area contributed by atoms with Gasteiger partial charge < -0.3 is 0 Å². The third-order valence-electron chi connectivity index (χ3n) is 2.56.